The Morgan fingerprint density at radius 3 is 2.17 bits per heavy atom. The van der Waals surface area contributed by atoms with Crippen LogP contribution in [0.15, 0.2) is 12.1 Å². The number of hydrogen-bond donors (Lipinski definition) is 3. The number of benzene rings is 1. The van der Waals surface area contributed by atoms with Crippen LogP contribution in [0, 0.1) is 5.92 Å². The zero-order valence-corrected chi connectivity index (χ0v) is 16.9. The molecule has 0 aliphatic carbocycles. The van der Waals surface area contributed by atoms with Gasteiger partial charge in [-0.3, -0.25) is 4.79 Å². The Hall–Kier alpha value is -2.47. The largest absolute Gasteiger partial charge is 0.493 e. The number of aliphatic hydroxyl groups is 1. The van der Waals surface area contributed by atoms with Crippen molar-refractivity contribution in [3.05, 3.63) is 17.7 Å². The summed E-state index contributed by atoms with van der Waals surface area (Å²) < 4.78 is 61.8. The molecule has 162 valence electrons. The molecule has 0 saturated carbocycles. The number of thiocarbonyl (C=S) groups is 1. The van der Waals surface area contributed by atoms with Gasteiger partial charge in [0.15, 0.2) is 16.6 Å². The molecule has 0 radical (unpaired) electrons. The van der Waals surface area contributed by atoms with Gasteiger partial charge in [0.2, 0.25) is 5.75 Å². The molecule has 1 aliphatic rings. The van der Waals surface area contributed by atoms with E-state index < -0.39 is 34.9 Å². The smallest absolute Gasteiger partial charge is 0.437 e. The molecule has 12 heteroatoms. The van der Waals surface area contributed by atoms with Gasteiger partial charge in [0.25, 0.3) is 5.72 Å². The van der Waals surface area contributed by atoms with Gasteiger partial charge in [0, 0.05) is 0 Å². The third kappa shape index (κ3) is 4.13. The number of methoxy groups -OCH3 is 3. The zero-order valence-electron chi connectivity index (χ0n) is 16.0. The molecule has 3 N–H and O–H groups in total. The lowest BCUT2D eigenvalue weighted by Gasteiger charge is -2.45. The molecule has 1 aromatic carbocycles. The second-order valence-electron chi connectivity index (χ2n) is 6.03. The van der Waals surface area contributed by atoms with E-state index in [0.717, 1.165) is 0 Å². The van der Waals surface area contributed by atoms with Gasteiger partial charge in [0.05, 0.1) is 34.0 Å². The first-order valence-corrected chi connectivity index (χ1v) is 8.79. The van der Waals surface area contributed by atoms with Gasteiger partial charge in [-0.15, -0.1) is 0 Å². The lowest BCUT2D eigenvalue weighted by molar-refractivity contribution is -0.292. The van der Waals surface area contributed by atoms with Crippen LogP contribution in [0.25, 0.3) is 0 Å². The van der Waals surface area contributed by atoms with Gasteiger partial charge in [0.1, 0.15) is 5.92 Å². The SMILES string of the molecule is CCOC(=O)[C@@H]1[C@@H](c2cc(OC)c(OC)c(OC)c2)NC(=S)N[C@]1(O)C(F)(F)F. The van der Waals surface area contributed by atoms with Gasteiger partial charge in [-0.25, -0.2) is 0 Å². The van der Waals surface area contributed by atoms with Crippen molar-refractivity contribution in [3.8, 4) is 17.2 Å². The Bertz CT molecular complexity index is 766. The molecule has 1 aliphatic heterocycles. The fourth-order valence-corrected chi connectivity index (χ4v) is 3.38. The van der Waals surface area contributed by atoms with E-state index in [1.54, 1.807) is 5.32 Å². The lowest BCUT2D eigenvalue weighted by Crippen LogP contribution is -2.73. The predicted molar refractivity (Wildman–Crippen MR) is 98.8 cm³/mol. The number of hydrogen-bond acceptors (Lipinski definition) is 7. The second kappa shape index (κ2) is 8.49. The topological polar surface area (TPSA) is 98.3 Å². The minimum absolute atomic E-state index is 0.129. The number of ether oxygens (including phenoxy) is 4. The molecular weight excluding hydrogens is 417 g/mol. The van der Waals surface area contributed by atoms with Crippen LogP contribution in [-0.4, -0.2) is 56.0 Å². The van der Waals surface area contributed by atoms with E-state index in [4.69, 9.17) is 31.2 Å². The van der Waals surface area contributed by atoms with Gasteiger partial charge < -0.3 is 34.7 Å². The lowest BCUT2D eigenvalue weighted by atomic mass is 9.82. The zero-order chi connectivity index (χ0) is 22.0. The number of halogens is 3. The summed E-state index contributed by atoms with van der Waals surface area (Å²) in [5.41, 5.74) is -3.53. The van der Waals surface area contributed by atoms with Crippen molar-refractivity contribution < 1.29 is 42.0 Å². The molecular formula is C17H21F3N2O6S. The van der Waals surface area contributed by atoms with Gasteiger partial charge in [-0.05, 0) is 36.8 Å². The van der Waals surface area contributed by atoms with E-state index in [9.17, 15) is 23.1 Å². The van der Waals surface area contributed by atoms with Crippen molar-refractivity contribution in [2.75, 3.05) is 27.9 Å². The summed E-state index contributed by atoms with van der Waals surface area (Å²) in [5, 5.41) is 14.3. The summed E-state index contributed by atoms with van der Waals surface area (Å²) in [7, 11) is 4.02. The monoisotopic (exact) mass is 438 g/mol. The van der Waals surface area contributed by atoms with E-state index in [1.807, 2.05) is 0 Å². The fraction of sp³-hybridized carbons (Fsp3) is 0.529. The van der Waals surface area contributed by atoms with Crippen molar-refractivity contribution in [1.29, 1.82) is 0 Å². The maximum Gasteiger partial charge on any atom is 0.437 e. The van der Waals surface area contributed by atoms with E-state index in [2.05, 4.69) is 5.32 Å². The first-order chi connectivity index (χ1) is 13.5. The molecule has 0 unspecified atom stereocenters. The molecule has 1 saturated heterocycles. The molecule has 1 heterocycles. The Morgan fingerprint density at radius 1 is 1.21 bits per heavy atom. The van der Waals surface area contributed by atoms with Crippen molar-refractivity contribution in [2.45, 2.75) is 24.9 Å². The summed E-state index contributed by atoms with van der Waals surface area (Å²) in [6.07, 6.45) is -5.24. The fourth-order valence-electron chi connectivity index (χ4n) is 3.10. The van der Waals surface area contributed by atoms with Crippen LogP contribution < -0.4 is 24.8 Å². The van der Waals surface area contributed by atoms with Crippen molar-refractivity contribution in [3.63, 3.8) is 0 Å². The quantitative estimate of drug-likeness (QED) is 0.453. The number of carbonyl (C=O) groups is 1. The maximum atomic E-state index is 13.8. The molecule has 8 nitrogen and oxygen atoms in total. The molecule has 0 amide bonds. The molecule has 1 aromatic rings. The molecule has 29 heavy (non-hydrogen) atoms. The van der Waals surface area contributed by atoms with Crippen LogP contribution in [0.5, 0.6) is 17.2 Å². The highest BCUT2D eigenvalue weighted by atomic mass is 32.1. The second-order valence-corrected chi connectivity index (χ2v) is 6.44. The summed E-state index contributed by atoms with van der Waals surface area (Å²) >= 11 is 4.85. The summed E-state index contributed by atoms with van der Waals surface area (Å²) in [5.74, 6) is -2.91. The average molecular weight is 438 g/mol. The summed E-state index contributed by atoms with van der Waals surface area (Å²) in [6, 6.07) is 1.30. The maximum absolute atomic E-state index is 13.8. The Kier molecular flexibility index (Phi) is 6.68. The number of carbonyl (C=O) groups excluding carboxylic acids is 1. The van der Waals surface area contributed by atoms with Crippen LogP contribution in [-0.2, 0) is 9.53 Å². The van der Waals surface area contributed by atoms with Gasteiger partial charge in [-0.2, -0.15) is 13.2 Å². The first-order valence-electron chi connectivity index (χ1n) is 8.38. The highest BCUT2D eigenvalue weighted by molar-refractivity contribution is 7.80. The highest BCUT2D eigenvalue weighted by Crippen LogP contribution is 2.46. The normalized spacial score (nSPS) is 24.2. The van der Waals surface area contributed by atoms with Crippen LogP contribution in [0.2, 0.25) is 0 Å². The predicted octanol–water partition coefficient (Wildman–Crippen LogP) is 1.66. The highest BCUT2D eigenvalue weighted by Gasteiger charge is 2.66. The van der Waals surface area contributed by atoms with Crippen LogP contribution in [0.1, 0.15) is 18.5 Å². The molecule has 0 bridgehead atoms. The standard InChI is InChI=1S/C17H21F3N2O6S/c1-5-28-14(23)11-12(21-15(29)22-16(11,24)17(18,19)20)8-6-9(25-2)13(27-4)10(7-8)26-3/h6-7,11-12,24H,5H2,1-4H3,(H2,21,22,29)/t11-,12+,16+/m0/s1. The van der Waals surface area contributed by atoms with Gasteiger partial charge in [-0.1, -0.05) is 0 Å². The third-order valence-corrected chi connectivity index (χ3v) is 4.61. The number of alkyl halides is 3. The molecule has 3 atom stereocenters. The Labute approximate surface area is 170 Å². The van der Waals surface area contributed by atoms with Crippen molar-refractivity contribution in [2.24, 2.45) is 5.92 Å². The van der Waals surface area contributed by atoms with E-state index in [0.29, 0.717) is 0 Å². The van der Waals surface area contributed by atoms with Crippen LogP contribution in [0.4, 0.5) is 13.2 Å². The van der Waals surface area contributed by atoms with Crippen molar-refractivity contribution >= 4 is 23.3 Å². The number of rotatable bonds is 6. The van der Waals surface area contributed by atoms with Crippen molar-refractivity contribution in [1.82, 2.24) is 10.6 Å². The molecule has 0 aromatic heterocycles. The van der Waals surface area contributed by atoms with Gasteiger partial charge >= 0.3 is 12.1 Å². The van der Waals surface area contributed by atoms with Crippen LogP contribution in [0.3, 0.4) is 0 Å². The summed E-state index contributed by atoms with van der Waals surface area (Å²) in [6.45, 7) is 1.25. The van der Waals surface area contributed by atoms with E-state index >= 15 is 0 Å². The minimum atomic E-state index is -5.24. The number of esters is 1. The van der Waals surface area contributed by atoms with Crippen LogP contribution >= 0.6 is 12.2 Å². The molecule has 2 rings (SSSR count). The average Bonchev–Trinajstić information content (AvgIpc) is 2.65. The summed E-state index contributed by atoms with van der Waals surface area (Å²) in [4.78, 5) is 12.5. The molecule has 0 spiro atoms. The first kappa shape index (κ1) is 22.8. The van der Waals surface area contributed by atoms with E-state index in [-0.39, 0.29) is 29.4 Å². The van der Waals surface area contributed by atoms with E-state index in [1.165, 1.54) is 40.4 Å². The molecule has 1 fully saturated rings. The Balaban J connectivity index is 2.70. The number of nitrogens with one attached hydrogen (secondary N) is 2. The third-order valence-electron chi connectivity index (χ3n) is 4.39. The minimum Gasteiger partial charge on any atom is -0.493 e. The Morgan fingerprint density at radius 2 is 1.76 bits per heavy atom.